The van der Waals surface area contributed by atoms with E-state index in [1.807, 2.05) is 0 Å². The summed E-state index contributed by atoms with van der Waals surface area (Å²) in [6.45, 7) is 6.83. The summed E-state index contributed by atoms with van der Waals surface area (Å²) in [7, 11) is 0. The number of nitrogens with zero attached hydrogens (tertiary/aromatic N) is 1. The molecule has 3 heterocycles. The minimum absolute atomic E-state index is 0.0620. The van der Waals surface area contributed by atoms with Crippen LogP contribution in [0.4, 0.5) is 0 Å². The van der Waals surface area contributed by atoms with Gasteiger partial charge in [-0.3, -0.25) is 86.3 Å². The number of para-hydroxylation sites is 2. The van der Waals surface area contributed by atoms with E-state index < -0.39 is 248 Å². The van der Waals surface area contributed by atoms with Crippen molar-refractivity contribution < 1.29 is 107 Å². The normalized spacial score (nSPS) is 15.7. The number of phenols is 1. The summed E-state index contributed by atoms with van der Waals surface area (Å²) >= 11 is 8.40. The summed E-state index contributed by atoms with van der Waals surface area (Å²) in [5, 5.41) is 72.7. The van der Waals surface area contributed by atoms with Crippen LogP contribution in [0.1, 0.15) is 122 Å². The maximum Gasteiger partial charge on any atom is 0.325 e. The lowest BCUT2D eigenvalue weighted by atomic mass is 9.99. The number of benzene rings is 3. The van der Waals surface area contributed by atoms with Gasteiger partial charge in [0, 0.05) is 84.4 Å². The number of aliphatic carboxylic acids is 3. The molecule has 25 N–H and O–H groups in total. The van der Waals surface area contributed by atoms with Crippen LogP contribution >= 0.6 is 25.3 Å². The van der Waals surface area contributed by atoms with E-state index in [9.17, 15) is 87.5 Å². The van der Waals surface area contributed by atoms with Crippen molar-refractivity contribution in [1.29, 1.82) is 0 Å². The van der Waals surface area contributed by atoms with Gasteiger partial charge in [-0.25, -0.2) is 0 Å². The Kier molecular flexibility index (Phi) is 38.9. The Morgan fingerprint density at radius 2 is 0.934 bits per heavy atom. The quantitative estimate of drug-likeness (QED) is 0.0132. The van der Waals surface area contributed by atoms with E-state index in [0.717, 1.165) is 4.90 Å². The third-order valence-electron chi connectivity index (χ3n) is 19.8. The van der Waals surface area contributed by atoms with Crippen molar-refractivity contribution in [3.63, 3.8) is 0 Å². The first-order valence-corrected chi connectivity index (χ1v) is 40.8. The van der Waals surface area contributed by atoms with Crippen molar-refractivity contribution in [3.8, 4) is 5.75 Å². The zero-order valence-corrected chi connectivity index (χ0v) is 69.7. The van der Waals surface area contributed by atoms with E-state index in [2.05, 4.69) is 104 Å². The van der Waals surface area contributed by atoms with E-state index >= 15 is 19.2 Å². The molecule has 0 saturated carbocycles. The number of nitrogens with one attached hydrogen (secondary N) is 15. The van der Waals surface area contributed by atoms with Gasteiger partial charge >= 0.3 is 17.9 Å². The van der Waals surface area contributed by atoms with Crippen molar-refractivity contribution in [2.75, 3.05) is 31.1 Å². The van der Waals surface area contributed by atoms with Crippen molar-refractivity contribution in [1.82, 2.24) is 84.0 Å². The molecule has 1 aliphatic heterocycles. The number of carboxylic acid groups (broad SMARTS) is 3. The van der Waals surface area contributed by atoms with Gasteiger partial charge in [0.15, 0.2) is 0 Å². The van der Waals surface area contributed by atoms with E-state index in [-0.39, 0.29) is 49.6 Å². The average molecular weight is 1740 g/mol. The van der Waals surface area contributed by atoms with Crippen LogP contribution in [0.2, 0.25) is 0 Å². The molecule has 122 heavy (non-hydrogen) atoms. The highest BCUT2D eigenvalue weighted by Gasteiger charge is 2.42. The van der Waals surface area contributed by atoms with E-state index in [1.165, 1.54) is 51.2 Å². The smallest absolute Gasteiger partial charge is 0.325 e. The Labute approximate surface area is 711 Å². The first-order valence-electron chi connectivity index (χ1n) is 39.5. The number of carbonyl (C=O) groups is 18. The van der Waals surface area contributed by atoms with E-state index in [4.69, 9.17) is 17.2 Å². The standard InChI is InChI=1S/C79H109N19O22S2/c1-39(2)29-54(71(111)97-59(37-121)75(115)87-41(4)66(106)88-42(5)79(119)120)91-73(113)56(32-45-35-84-51-17-9-7-14-48(45)51)93-69(109)52(23-25-62(82)100)89-72(112)55(31-44-34-83-50-16-8-6-13-47(44)50)92-70(110)53(24-26-64(102)103)90-77(117)61-18-12-28-98(61)78(118)58(30-43-19-21-46(99)22-20-43)95-74(114)57(33-65(104)105)94-76(116)60(38-122)96-67(107)40(3)86-63(101)36-85-68(108)49(81)15-10-11-27-80/h6-9,13-14,16-17,19-22,34-35,39-42,49,52-61,83-84,99,121-122H,10-12,15,18,23-33,36-38,80-81H2,1-5H3,(H2,82,100)(H,85,108)(H,86,101)(H,87,115)(H,88,106)(H,89,112)(H,90,117)(H,91,113)(H,92,110)(H,93,109)(H,94,116)(H,95,114)(H,96,107)(H,97,111)(H,102,103)(H,104,105)(H,119,120)/t40-,41-,42-,49-,52-,53-,54-,55-,56-,57-,58-,59-,60-,61-/m0/s1. The van der Waals surface area contributed by atoms with Crippen LogP contribution < -0.4 is 86.3 Å². The number of amides is 15. The molecule has 3 aromatic carbocycles. The molecule has 6 rings (SSSR count). The van der Waals surface area contributed by atoms with Gasteiger partial charge in [0.1, 0.15) is 84.3 Å². The summed E-state index contributed by atoms with van der Waals surface area (Å²) in [5.41, 5.74) is 19.4. The van der Waals surface area contributed by atoms with Crippen molar-refractivity contribution in [2.24, 2.45) is 23.1 Å². The molecule has 14 atom stereocenters. The number of aromatic nitrogens is 2. The fraction of sp³-hybridized carbons (Fsp3) is 0.494. The Morgan fingerprint density at radius 1 is 0.484 bits per heavy atom. The summed E-state index contributed by atoms with van der Waals surface area (Å²) in [6.07, 6.45) is -0.237. The van der Waals surface area contributed by atoms with Gasteiger partial charge in [-0.1, -0.05) is 68.8 Å². The van der Waals surface area contributed by atoms with Crippen LogP contribution in [0, 0.1) is 5.92 Å². The highest BCUT2D eigenvalue weighted by Crippen LogP contribution is 2.25. The molecular formula is C79H109N19O22S2. The highest BCUT2D eigenvalue weighted by molar-refractivity contribution is 7.80. The fourth-order valence-electron chi connectivity index (χ4n) is 13.1. The second-order valence-electron chi connectivity index (χ2n) is 30.0. The number of phenolic OH excluding ortho intramolecular Hbond substituents is 1. The number of carboxylic acids is 3. The van der Waals surface area contributed by atoms with Crippen LogP contribution in [0.3, 0.4) is 0 Å². The monoisotopic (exact) mass is 1740 g/mol. The molecule has 2 aromatic heterocycles. The molecule has 15 amide bonds. The van der Waals surface area contributed by atoms with Gasteiger partial charge < -0.3 is 122 Å². The second kappa shape index (κ2) is 48.2. The van der Waals surface area contributed by atoms with Gasteiger partial charge in [0.25, 0.3) is 0 Å². The number of H-pyrrole nitrogens is 2. The van der Waals surface area contributed by atoms with Crippen LogP contribution in [0.5, 0.6) is 5.75 Å². The lowest BCUT2D eigenvalue weighted by Crippen LogP contribution is -2.61. The number of hydrogen-bond acceptors (Lipinski definition) is 23. The van der Waals surface area contributed by atoms with Crippen LogP contribution in [0.25, 0.3) is 21.8 Å². The maximum atomic E-state index is 15.2. The number of hydrogen-bond donors (Lipinski definition) is 24. The molecule has 1 saturated heterocycles. The first kappa shape index (κ1) is 98.4. The molecule has 0 spiro atoms. The van der Waals surface area contributed by atoms with E-state index in [0.29, 0.717) is 64.3 Å². The molecule has 41 nitrogen and oxygen atoms in total. The Hall–Kier alpha value is -12.4. The van der Waals surface area contributed by atoms with Gasteiger partial charge in [-0.05, 0) is 119 Å². The first-order chi connectivity index (χ1) is 57.8. The SMILES string of the molecule is CC(C)C[C@H](NC(=O)[C@H](Cc1c[nH]c2ccccc12)NC(=O)[C@H](CCC(N)=O)NC(=O)[C@H](Cc1c[nH]c2ccccc12)NC(=O)[C@H](CCC(=O)O)NC(=O)[C@@H]1CCCN1C(=O)[C@H](Cc1ccc(O)cc1)NC(=O)[C@H](CC(=O)O)NC(=O)[C@H](CS)NC(=O)[C@H](C)NC(=O)CNC(=O)[C@@H](N)CCCCN)C(=O)N[C@@H](CS)C(=O)N[C@@H](C)C(=O)N[C@@H](C)C(=O)O. The lowest BCUT2D eigenvalue weighted by Gasteiger charge is -2.31. The topological polar surface area (TPSA) is 657 Å². The fourth-order valence-corrected chi connectivity index (χ4v) is 13.7. The number of unbranched alkanes of at least 4 members (excludes halogenated alkanes) is 1. The number of thiol groups is 2. The Bertz CT molecular complexity index is 4580. The predicted molar refractivity (Wildman–Crippen MR) is 447 cm³/mol. The Balaban J connectivity index is 1.26. The van der Waals surface area contributed by atoms with Crippen molar-refractivity contribution >= 4 is 154 Å². The number of fused-ring (bicyclic) bond motifs is 2. The number of likely N-dealkylation sites (tertiary alicyclic amines) is 1. The number of aromatic amines is 2. The molecular weight excluding hydrogens is 1630 g/mol. The second-order valence-corrected chi connectivity index (χ2v) is 30.7. The molecule has 5 aromatic rings. The molecule has 0 bridgehead atoms. The molecule has 664 valence electrons. The molecule has 0 aliphatic carbocycles. The third kappa shape index (κ3) is 30.7. The number of aromatic hydroxyl groups is 1. The van der Waals surface area contributed by atoms with Crippen molar-refractivity contribution in [2.45, 2.75) is 209 Å². The van der Waals surface area contributed by atoms with Crippen LogP contribution in [-0.2, 0) is 106 Å². The van der Waals surface area contributed by atoms with Gasteiger partial charge in [0.05, 0.1) is 19.0 Å². The molecule has 1 fully saturated rings. The Morgan fingerprint density at radius 3 is 1.47 bits per heavy atom. The summed E-state index contributed by atoms with van der Waals surface area (Å²) in [4.78, 5) is 254. The highest BCUT2D eigenvalue weighted by atomic mass is 32.1. The average Bonchev–Trinajstić information content (AvgIpc) is 1.66. The molecule has 0 unspecified atom stereocenters. The molecule has 1 aliphatic rings. The van der Waals surface area contributed by atoms with Gasteiger partial charge in [0.2, 0.25) is 88.6 Å². The maximum absolute atomic E-state index is 15.2. The number of carbonyl (C=O) groups excluding carboxylic acids is 15. The van der Waals surface area contributed by atoms with Crippen LogP contribution in [0.15, 0.2) is 85.2 Å². The zero-order valence-electron chi connectivity index (χ0n) is 67.9. The lowest BCUT2D eigenvalue weighted by molar-refractivity contribution is -0.144. The summed E-state index contributed by atoms with van der Waals surface area (Å²) < 4.78 is 0. The van der Waals surface area contributed by atoms with Crippen molar-refractivity contribution in [3.05, 3.63) is 102 Å². The molecule has 0 radical (unpaired) electrons. The van der Waals surface area contributed by atoms with Crippen LogP contribution in [-0.4, -0.2) is 258 Å². The number of rotatable bonds is 50. The van der Waals surface area contributed by atoms with Gasteiger partial charge in [-0.15, -0.1) is 0 Å². The number of nitrogens with two attached hydrogens (primary N) is 3. The minimum atomic E-state index is -1.99. The summed E-state index contributed by atoms with van der Waals surface area (Å²) in [5.74, 6) is -20.5. The predicted octanol–water partition coefficient (Wildman–Crippen LogP) is -3.58. The van der Waals surface area contributed by atoms with Gasteiger partial charge in [-0.2, -0.15) is 25.3 Å². The number of primary amides is 1. The largest absolute Gasteiger partial charge is 0.508 e. The molecule has 43 heteroatoms. The van der Waals surface area contributed by atoms with E-state index in [1.54, 1.807) is 68.6 Å². The third-order valence-corrected chi connectivity index (χ3v) is 20.6. The summed E-state index contributed by atoms with van der Waals surface area (Å²) in [6, 6.07) is -2.50. The minimum Gasteiger partial charge on any atom is -0.508 e. The zero-order chi connectivity index (χ0) is 90.2.